The van der Waals surface area contributed by atoms with Gasteiger partial charge in [0, 0.05) is 11.4 Å². The molecule has 0 aliphatic carbocycles. The lowest BCUT2D eigenvalue weighted by molar-refractivity contribution is -0.136. The van der Waals surface area contributed by atoms with Gasteiger partial charge in [0.1, 0.15) is 0 Å². The summed E-state index contributed by atoms with van der Waals surface area (Å²) in [6.45, 7) is 4.73. The Balaban J connectivity index is 2.20. The first-order chi connectivity index (χ1) is 9.60. The van der Waals surface area contributed by atoms with E-state index in [-0.39, 0.29) is 17.8 Å². The summed E-state index contributed by atoms with van der Waals surface area (Å²) in [7, 11) is 0. The Morgan fingerprint density at radius 2 is 2.45 bits per heavy atom. The first kappa shape index (κ1) is 14.8. The Bertz CT molecular complexity index is 512. The largest absolute Gasteiger partial charge is 0.409 e. The highest BCUT2D eigenvalue weighted by Gasteiger charge is 2.33. The van der Waals surface area contributed by atoms with E-state index < -0.39 is 5.92 Å². The fraction of sp³-hybridized carbons (Fsp3) is 0.571. The number of amidine groups is 1. The van der Waals surface area contributed by atoms with Gasteiger partial charge in [-0.25, -0.2) is 0 Å². The number of nitrogens with two attached hydrogens (primary N) is 1. The minimum atomic E-state index is -0.521. The summed E-state index contributed by atoms with van der Waals surface area (Å²) >= 11 is 1.75. The molecule has 1 aliphatic rings. The van der Waals surface area contributed by atoms with E-state index in [4.69, 9.17) is 10.9 Å². The van der Waals surface area contributed by atoms with Gasteiger partial charge in [0.2, 0.25) is 5.91 Å². The molecule has 110 valence electrons. The van der Waals surface area contributed by atoms with Gasteiger partial charge in [0.05, 0.1) is 12.0 Å². The van der Waals surface area contributed by atoms with Crippen molar-refractivity contribution in [1.82, 2.24) is 4.90 Å². The fourth-order valence-electron chi connectivity index (χ4n) is 2.77. The molecule has 2 heterocycles. The lowest BCUT2D eigenvalue weighted by Crippen LogP contribution is -2.45. The van der Waals surface area contributed by atoms with Crippen molar-refractivity contribution >= 4 is 23.1 Å². The first-order valence-electron chi connectivity index (χ1n) is 6.94. The smallest absolute Gasteiger partial charge is 0.233 e. The molecule has 0 saturated heterocycles. The van der Waals surface area contributed by atoms with E-state index in [0.29, 0.717) is 13.0 Å². The second-order valence-corrected chi connectivity index (χ2v) is 6.12. The quantitative estimate of drug-likeness (QED) is 0.387. The zero-order valence-corrected chi connectivity index (χ0v) is 12.7. The predicted octanol–water partition coefficient (Wildman–Crippen LogP) is 2.36. The summed E-state index contributed by atoms with van der Waals surface area (Å²) in [5, 5.41) is 14.0. The number of hydrogen-bond acceptors (Lipinski definition) is 4. The molecule has 0 spiro atoms. The van der Waals surface area contributed by atoms with Gasteiger partial charge in [-0.15, -0.1) is 11.3 Å². The molecule has 1 aromatic rings. The average molecular weight is 295 g/mol. The summed E-state index contributed by atoms with van der Waals surface area (Å²) in [5.41, 5.74) is 6.91. The van der Waals surface area contributed by atoms with Gasteiger partial charge >= 0.3 is 0 Å². The van der Waals surface area contributed by atoms with E-state index in [1.165, 1.54) is 10.4 Å². The summed E-state index contributed by atoms with van der Waals surface area (Å²) in [4.78, 5) is 15.9. The van der Waals surface area contributed by atoms with Crippen molar-refractivity contribution in [3.8, 4) is 0 Å². The van der Waals surface area contributed by atoms with E-state index in [1.54, 1.807) is 11.3 Å². The van der Waals surface area contributed by atoms with Gasteiger partial charge in [-0.05, 0) is 36.8 Å². The highest BCUT2D eigenvalue weighted by atomic mass is 32.1. The van der Waals surface area contributed by atoms with Crippen molar-refractivity contribution < 1.29 is 10.0 Å². The van der Waals surface area contributed by atoms with E-state index in [1.807, 2.05) is 18.7 Å². The monoisotopic (exact) mass is 295 g/mol. The molecule has 1 aromatic heterocycles. The molecule has 2 rings (SSSR count). The van der Waals surface area contributed by atoms with Gasteiger partial charge in [-0.1, -0.05) is 18.5 Å². The van der Waals surface area contributed by atoms with Crippen LogP contribution < -0.4 is 5.73 Å². The Morgan fingerprint density at radius 1 is 1.70 bits per heavy atom. The summed E-state index contributed by atoms with van der Waals surface area (Å²) in [5.74, 6) is -0.542. The van der Waals surface area contributed by atoms with E-state index in [2.05, 4.69) is 16.6 Å². The van der Waals surface area contributed by atoms with Crippen molar-refractivity contribution in [3.05, 3.63) is 21.9 Å². The maximum atomic E-state index is 12.7. The van der Waals surface area contributed by atoms with Crippen LogP contribution in [0.25, 0.3) is 0 Å². The standard InChI is InChI=1S/C14H21N3O2S/c1-3-4-11(13(15)16-19)14(18)17-7-5-12-10(9(17)2)6-8-20-12/h6,8-9,11,19H,3-5,7H2,1-2H3,(H2,15,16). The molecule has 2 unspecified atom stereocenters. The van der Waals surface area contributed by atoms with Crippen LogP contribution in [-0.2, 0) is 11.2 Å². The maximum absolute atomic E-state index is 12.7. The molecule has 6 heteroatoms. The highest BCUT2D eigenvalue weighted by molar-refractivity contribution is 7.10. The number of carbonyl (C=O) groups excluding carboxylic acids is 1. The van der Waals surface area contributed by atoms with Crippen LogP contribution in [0, 0.1) is 5.92 Å². The lowest BCUT2D eigenvalue weighted by Gasteiger charge is -2.35. The number of hydrogen-bond donors (Lipinski definition) is 2. The molecular formula is C14H21N3O2S. The molecule has 2 atom stereocenters. The molecule has 0 fully saturated rings. The van der Waals surface area contributed by atoms with Gasteiger partial charge < -0.3 is 15.8 Å². The third-order valence-electron chi connectivity index (χ3n) is 3.91. The number of carbonyl (C=O) groups is 1. The van der Waals surface area contributed by atoms with E-state index >= 15 is 0 Å². The second-order valence-electron chi connectivity index (χ2n) is 5.12. The molecule has 20 heavy (non-hydrogen) atoms. The third kappa shape index (κ3) is 2.65. The predicted molar refractivity (Wildman–Crippen MR) is 80.0 cm³/mol. The Morgan fingerprint density at radius 3 is 3.10 bits per heavy atom. The molecule has 3 N–H and O–H groups in total. The van der Waals surface area contributed by atoms with Crippen LogP contribution in [0.1, 0.15) is 43.2 Å². The van der Waals surface area contributed by atoms with Crippen molar-refractivity contribution in [2.45, 2.75) is 39.2 Å². The second kappa shape index (κ2) is 6.26. The number of thiophene rings is 1. The average Bonchev–Trinajstić information content (AvgIpc) is 2.93. The number of amides is 1. The Labute approximate surface area is 123 Å². The van der Waals surface area contributed by atoms with Gasteiger partial charge in [-0.2, -0.15) is 0 Å². The Kier molecular flexibility index (Phi) is 4.65. The van der Waals surface area contributed by atoms with Gasteiger partial charge in [-0.3, -0.25) is 4.79 Å². The Hall–Kier alpha value is -1.56. The van der Waals surface area contributed by atoms with Crippen molar-refractivity contribution in [2.24, 2.45) is 16.8 Å². The minimum absolute atomic E-state index is 0.0140. The molecule has 1 amide bonds. The molecule has 0 bridgehead atoms. The maximum Gasteiger partial charge on any atom is 0.233 e. The van der Waals surface area contributed by atoms with E-state index in [0.717, 1.165) is 12.8 Å². The summed E-state index contributed by atoms with van der Waals surface area (Å²) in [6, 6.07) is 2.14. The van der Waals surface area contributed by atoms with Crippen molar-refractivity contribution in [2.75, 3.05) is 6.54 Å². The number of rotatable bonds is 4. The van der Waals surface area contributed by atoms with E-state index in [9.17, 15) is 4.79 Å². The molecular weight excluding hydrogens is 274 g/mol. The molecule has 0 saturated carbocycles. The van der Waals surface area contributed by atoms with Crippen LogP contribution in [0.15, 0.2) is 16.6 Å². The van der Waals surface area contributed by atoms with Crippen LogP contribution in [0.5, 0.6) is 0 Å². The van der Waals surface area contributed by atoms with Crippen LogP contribution >= 0.6 is 11.3 Å². The SMILES string of the molecule is CCCC(C(=O)N1CCc2sccc2C1C)C(N)=NO. The van der Waals surface area contributed by atoms with Crippen LogP contribution in [-0.4, -0.2) is 28.4 Å². The van der Waals surface area contributed by atoms with Crippen LogP contribution in [0.3, 0.4) is 0 Å². The third-order valence-corrected chi connectivity index (χ3v) is 4.90. The summed E-state index contributed by atoms with van der Waals surface area (Å²) < 4.78 is 0. The normalized spacial score (nSPS) is 20.6. The first-order valence-corrected chi connectivity index (χ1v) is 7.82. The van der Waals surface area contributed by atoms with Gasteiger partial charge in [0.25, 0.3) is 0 Å². The number of oxime groups is 1. The minimum Gasteiger partial charge on any atom is -0.409 e. The lowest BCUT2D eigenvalue weighted by atomic mass is 9.96. The number of nitrogens with zero attached hydrogens (tertiary/aromatic N) is 2. The highest BCUT2D eigenvalue weighted by Crippen LogP contribution is 2.34. The molecule has 0 aromatic carbocycles. The molecule has 1 aliphatic heterocycles. The van der Waals surface area contributed by atoms with Gasteiger partial charge in [0.15, 0.2) is 5.84 Å². The zero-order valence-electron chi connectivity index (χ0n) is 11.9. The molecule has 0 radical (unpaired) electrons. The summed E-state index contributed by atoms with van der Waals surface area (Å²) in [6.07, 6.45) is 2.31. The van der Waals surface area contributed by atoms with Crippen LogP contribution in [0.4, 0.5) is 0 Å². The van der Waals surface area contributed by atoms with Crippen LogP contribution in [0.2, 0.25) is 0 Å². The van der Waals surface area contributed by atoms with Crippen molar-refractivity contribution in [1.29, 1.82) is 0 Å². The topological polar surface area (TPSA) is 78.9 Å². The fourth-order valence-corrected chi connectivity index (χ4v) is 3.73. The number of fused-ring (bicyclic) bond motifs is 1. The van der Waals surface area contributed by atoms with Crippen molar-refractivity contribution in [3.63, 3.8) is 0 Å². The zero-order chi connectivity index (χ0) is 14.7. The molecule has 5 nitrogen and oxygen atoms in total.